The lowest BCUT2D eigenvalue weighted by atomic mass is 10.1. The van der Waals surface area contributed by atoms with E-state index in [0.29, 0.717) is 0 Å². The topological polar surface area (TPSA) is 48.0 Å². The molecule has 0 saturated carbocycles. The highest BCUT2D eigenvalue weighted by molar-refractivity contribution is 6.31. The number of aromatic nitrogens is 1. The maximum absolute atomic E-state index is 9.12. The smallest absolute Gasteiger partial charge is 0.0584 e. The first-order valence-electron chi connectivity index (χ1n) is 5.84. The van der Waals surface area contributed by atoms with Gasteiger partial charge in [-0.3, -0.25) is 0 Å². The van der Waals surface area contributed by atoms with Crippen LogP contribution in [0.2, 0.25) is 5.02 Å². The Morgan fingerprint density at radius 3 is 3.00 bits per heavy atom. The summed E-state index contributed by atoms with van der Waals surface area (Å²) < 4.78 is 0. The third-order valence-corrected chi connectivity index (χ3v) is 3.26. The van der Waals surface area contributed by atoms with Crippen molar-refractivity contribution in [3.63, 3.8) is 0 Å². The van der Waals surface area contributed by atoms with Gasteiger partial charge in [0.05, 0.1) is 6.61 Å². The van der Waals surface area contributed by atoms with E-state index in [1.165, 1.54) is 10.9 Å². The first-order chi connectivity index (χ1) is 8.24. The van der Waals surface area contributed by atoms with Crippen molar-refractivity contribution in [3.05, 3.63) is 35.0 Å². The van der Waals surface area contributed by atoms with Crippen molar-refractivity contribution < 1.29 is 5.11 Å². The lowest BCUT2D eigenvalue weighted by Gasteiger charge is -2.13. The number of benzene rings is 1. The molecule has 1 atom stereocenters. The molecule has 0 radical (unpaired) electrons. The lowest BCUT2D eigenvalue weighted by molar-refractivity contribution is 0.238. The zero-order valence-electron chi connectivity index (χ0n) is 9.83. The molecule has 0 spiro atoms. The van der Waals surface area contributed by atoms with Crippen LogP contribution in [0.1, 0.15) is 18.9 Å². The normalized spacial score (nSPS) is 13.1. The fourth-order valence-electron chi connectivity index (χ4n) is 1.90. The number of fused-ring (bicyclic) bond motifs is 1. The average molecular weight is 253 g/mol. The maximum atomic E-state index is 9.12. The Hall–Kier alpha value is -1.03. The van der Waals surface area contributed by atoms with Gasteiger partial charge in [0.15, 0.2) is 0 Å². The first-order valence-corrected chi connectivity index (χ1v) is 6.22. The van der Waals surface area contributed by atoms with Crippen LogP contribution in [0.3, 0.4) is 0 Å². The van der Waals surface area contributed by atoms with Crippen LogP contribution >= 0.6 is 11.6 Å². The van der Waals surface area contributed by atoms with Gasteiger partial charge >= 0.3 is 0 Å². The number of hydrogen-bond donors (Lipinski definition) is 3. The molecule has 0 fully saturated rings. The third-order valence-electron chi connectivity index (χ3n) is 3.02. The fourth-order valence-corrected chi connectivity index (χ4v) is 2.07. The summed E-state index contributed by atoms with van der Waals surface area (Å²) in [6.45, 7) is 2.98. The van der Waals surface area contributed by atoms with E-state index < -0.39 is 0 Å². The molecule has 0 aliphatic carbocycles. The molecule has 1 aromatic carbocycles. The van der Waals surface area contributed by atoms with Gasteiger partial charge in [-0.15, -0.1) is 0 Å². The van der Waals surface area contributed by atoms with Crippen molar-refractivity contribution in [1.82, 2.24) is 10.3 Å². The molecule has 2 aromatic rings. The summed E-state index contributed by atoms with van der Waals surface area (Å²) in [4.78, 5) is 3.20. The van der Waals surface area contributed by atoms with E-state index in [2.05, 4.69) is 17.2 Å². The van der Waals surface area contributed by atoms with E-state index in [0.717, 1.165) is 23.5 Å². The monoisotopic (exact) mass is 252 g/mol. The van der Waals surface area contributed by atoms with Crippen molar-refractivity contribution in [1.29, 1.82) is 0 Å². The minimum atomic E-state index is 0.159. The van der Waals surface area contributed by atoms with Crippen molar-refractivity contribution >= 4 is 22.5 Å². The molecule has 0 bridgehead atoms. The van der Waals surface area contributed by atoms with Crippen molar-refractivity contribution in [2.45, 2.75) is 25.9 Å². The van der Waals surface area contributed by atoms with E-state index in [1.807, 2.05) is 24.4 Å². The van der Waals surface area contributed by atoms with E-state index in [4.69, 9.17) is 16.7 Å². The van der Waals surface area contributed by atoms with E-state index >= 15 is 0 Å². The van der Waals surface area contributed by atoms with Gasteiger partial charge in [0.1, 0.15) is 0 Å². The van der Waals surface area contributed by atoms with Gasteiger partial charge in [-0.05, 0) is 24.1 Å². The lowest BCUT2D eigenvalue weighted by Crippen LogP contribution is -2.31. The molecule has 3 nitrogen and oxygen atoms in total. The molecule has 0 aliphatic rings. The second-order valence-corrected chi connectivity index (χ2v) is 4.61. The Morgan fingerprint density at radius 2 is 2.29 bits per heavy atom. The summed E-state index contributed by atoms with van der Waals surface area (Å²) >= 11 is 5.93. The van der Waals surface area contributed by atoms with Gasteiger partial charge in [0, 0.05) is 34.7 Å². The van der Waals surface area contributed by atoms with E-state index in [-0.39, 0.29) is 12.6 Å². The number of aliphatic hydroxyl groups is 1. The van der Waals surface area contributed by atoms with Crippen LogP contribution in [0.5, 0.6) is 0 Å². The predicted molar refractivity (Wildman–Crippen MR) is 71.3 cm³/mol. The largest absolute Gasteiger partial charge is 0.395 e. The number of halogens is 1. The first kappa shape index (κ1) is 12.4. The minimum absolute atomic E-state index is 0.159. The number of nitrogens with one attached hydrogen (secondary N) is 2. The molecule has 0 aliphatic heterocycles. The Bertz CT molecular complexity index is 491. The van der Waals surface area contributed by atoms with Crippen LogP contribution in [0, 0.1) is 0 Å². The summed E-state index contributed by atoms with van der Waals surface area (Å²) in [5.41, 5.74) is 2.25. The predicted octanol–water partition coefficient (Wildman–Crippen LogP) is 2.68. The van der Waals surface area contributed by atoms with Crippen LogP contribution < -0.4 is 5.32 Å². The van der Waals surface area contributed by atoms with Crippen molar-refractivity contribution in [2.75, 3.05) is 6.61 Å². The average Bonchev–Trinajstić information content (AvgIpc) is 2.73. The fraction of sp³-hybridized carbons (Fsp3) is 0.385. The molecular formula is C13H17ClN2O. The molecule has 17 heavy (non-hydrogen) atoms. The Balaban J connectivity index is 2.14. The third kappa shape index (κ3) is 2.80. The number of H-pyrrole nitrogens is 1. The maximum Gasteiger partial charge on any atom is 0.0584 e. The molecule has 0 saturated heterocycles. The van der Waals surface area contributed by atoms with Gasteiger partial charge in [-0.1, -0.05) is 24.6 Å². The van der Waals surface area contributed by atoms with Crippen molar-refractivity contribution in [2.24, 2.45) is 0 Å². The zero-order valence-corrected chi connectivity index (χ0v) is 10.6. The van der Waals surface area contributed by atoms with Crippen LogP contribution in [0.4, 0.5) is 0 Å². The number of aromatic amines is 1. The number of aliphatic hydroxyl groups excluding tert-OH is 1. The standard InChI is InChI=1S/C13H17ClN2O/c1-2-11(8-17)15-6-9-7-16-13-5-10(14)3-4-12(9)13/h3-5,7,11,15-17H,2,6,8H2,1H3. The second-order valence-electron chi connectivity index (χ2n) is 4.17. The van der Waals surface area contributed by atoms with E-state index in [1.54, 1.807) is 0 Å². The molecule has 4 heteroatoms. The van der Waals surface area contributed by atoms with Crippen LogP contribution in [0.25, 0.3) is 10.9 Å². The van der Waals surface area contributed by atoms with Gasteiger partial charge in [0.25, 0.3) is 0 Å². The molecule has 1 aromatic heterocycles. The Morgan fingerprint density at radius 1 is 1.47 bits per heavy atom. The summed E-state index contributed by atoms with van der Waals surface area (Å²) in [5, 5.41) is 14.4. The highest BCUT2D eigenvalue weighted by atomic mass is 35.5. The highest BCUT2D eigenvalue weighted by Crippen LogP contribution is 2.21. The summed E-state index contributed by atoms with van der Waals surface area (Å²) in [5.74, 6) is 0. The summed E-state index contributed by atoms with van der Waals surface area (Å²) in [6, 6.07) is 5.99. The zero-order chi connectivity index (χ0) is 12.3. The minimum Gasteiger partial charge on any atom is -0.395 e. The quantitative estimate of drug-likeness (QED) is 0.766. The molecule has 3 N–H and O–H groups in total. The van der Waals surface area contributed by atoms with E-state index in [9.17, 15) is 0 Å². The van der Waals surface area contributed by atoms with Gasteiger partial charge in [0.2, 0.25) is 0 Å². The molecule has 1 unspecified atom stereocenters. The number of hydrogen-bond acceptors (Lipinski definition) is 2. The van der Waals surface area contributed by atoms with Gasteiger partial charge in [-0.25, -0.2) is 0 Å². The Kier molecular flexibility index (Phi) is 4.05. The van der Waals surface area contributed by atoms with Crippen LogP contribution in [-0.4, -0.2) is 22.7 Å². The Labute approximate surface area is 106 Å². The van der Waals surface area contributed by atoms with Gasteiger partial charge < -0.3 is 15.4 Å². The van der Waals surface area contributed by atoms with Crippen molar-refractivity contribution in [3.8, 4) is 0 Å². The molecule has 92 valence electrons. The summed E-state index contributed by atoms with van der Waals surface area (Å²) in [7, 11) is 0. The molecule has 0 amide bonds. The number of rotatable bonds is 5. The summed E-state index contributed by atoms with van der Waals surface area (Å²) in [6.07, 6.45) is 2.91. The SMILES string of the molecule is CCC(CO)NCc1c[nH]c2cc(Cl)ccc12. The molecular weight excluding hydrogens is 236 g/mol. The molecule has 1 heterocycles. The second kappa shape index (κ2) is 5.54. The van der Waals surface area contributed by atoms with Gasteiger partial charge in [-0.2, -0.15) is 0 Å². The highest BCUT2D eigenvalue weighted by Gasteiger charge is 2.07. The van der Waals surface area contributed by atoms with Crippen LogP contribution in [-0.2, 0) is 6.54 Å². The molecule has 2 rings (SSSR count). The van der Waals surface area contributed by atoms with Crippen LogP contribution in [0.15, 0.2) is 24.4 Å².